The summed E-state index contributed by atoms with van der Waals surface area (Å²) >= 11 is 0. The predicted molar refractivity (Wildman–Crippen MR) is 85.6 cm³/mol. The molecule has 1 amide bonds. The first-order valence-electron chi connectivity index (χ1n) is 7.95. The molecule has 9 nitrogen and oxygen atoms in total. The molecule has 0 aliphatic heterocycles. The Bertz CT molecular complexity index is 933. The number of aromatic nitrogens is 6. The number of hydrogen-bond acceptors (Lipinski definition) is 5. The molecule has 3 aromatic heterocycles. The summed E-state index contributed by atoms with van der Waals surface area (Å²) in [5.41, 5.74) is 0.0400. The normalized spacial score (nSPS) is 15.2. The molecule has 1 fully saturated rings. The summed E-state index contributed by atoms with van der Waals surface area (Å²) in [5, 5.41) is 11.2. The van der Waals surface area contributed by atoms with E-state index in [1.54, 1.807) is 12.3 Å². The third-order valence-corrected chi connectivity index (χ3v) is 4.29. The molecular formula is C15H17N7O2. The van der Waals surface area contributed by atoms with Gasteiger partial charge in [-0.25, -0.2) is 18.6 Å². The zero-order valence-corrected chi connectivity index (χ0v) is 13.0. The molecule has 0 atom stereocenters. The van der Waals surface area contributed by atoms with Crippen molar-refractivity contribution in [3.8, 4) is 0 Å². The van der Waals surface area contributed by atoms with E-state index in [1.807, 2.05) is 4.68 Å². The molecule has 1 aliphatic rings. The van der Waals surface area contributed by atoms with Gasteiger partial charge in [0.15, 0.2) is 5.65 Å². The second-order valence-electron chi connectivity index (χ2n) is 5.89. The maximum absolute atomic E-state index is 12.3. The number of carbonyl (C=O) groups excluding carboxylic acids is 1. The Morgan fingerprint density at radius 2 is 2.12 bits per heavy atom. The van der Waals surface area contributed by atoms with Crippen LogP contribution in [0.25, 0.3) is 5.65 Å². The Kier molecular flexibility index (Phi) is 3.60. The number of hydrogen-bond donors (Lipinski definition) is 1. The fraction of sp³-hybridized carbons (Fsp3) is 0.400. The van der Waals surface area contributed by atoms with Crippen molar-refractivity contribution in [2.24, 2.45) is 0 Å². The largest absolute Gasteiger partial charge is 0.350 e. The Hall–Kier alpha value is -2.97. The van der Waals surface area contributed by atoms with Crippen molar-refractivity contribution in [3.63, 3.8) is 0 Å². The molecule has 1 saturated carbocycles. The molecule has 1 N–H and O–H groups in total. The minimum atomic E-state index is -0.369. The van der Waals surface area contributed by atoms with Crippen LogP contribution in [0.5, 0.6) is 0 Å². The van der Waals surface area contributed by atoms with Crippen LogP contribution in [0.4, 0.5) is 5.82 Å². The molecule has 124 valence electrons. The van der Waals surface area contributed by atoms with Crippen LogP contribution in [0.2, 0.25) is 0 Å². The highest BCUT2D eigenvalue weighted by atomic mass is 16.2. The van der Waals surface area contributed by atoms with Crippen molar-refractivity contribution in [2.75, 3.05) is 5.32 Å². The highest BCUT2D eigenvalue weighted by molar-refractivity contribution is 5.89. The fourth-order valence-corrected chi connectivity index (χ4v) is 3.15. The third kappa shape index (κ3) is 2.57. The van der Waals surface area contributed by atoms with Gasteiger partial charge in [0.05, 0.1) is 18.4 Å². The highest BCUT2D eigenvalue weighted by Gasteiger charge is 2.21. The smallest absolute Gasteiger partial charge is 0.309 e. The molecular weight excluding hydrogens is 310 g/mol. The number of fused-ring (bicyclic) bond motifs is 1. The lowest BCUT2D eigenvalue weighted by atomic mass is 10.2. The van der Waals surface area contributed by atoms with E-state index in [2.05, 4.69) is 20.5 Å². The molecule has 0 bridgehead atoms. The molecule has 4 rings (SSSR count). The monoisotopic (exact) mass is 327 g/mol. The van der Waals surface area contributed by atoms with Crippen LogP contribution in [0.1, 0.15) is 31.7 Å². The van der Waals surface area contributed by atoms with Crippen molar-refractivity contribution >= 4 is 17.4 Å². The quantitative estimate of drug-likeness (QED) is 0.765. The topological polar surface area (TPSA) is 99.1 Å². The van der Waals surface area contributed by atoms with Gasteiger partial charge in [-0.15, -0.1) is 5.10 Å². The van der Waals surface area contributed by atoms with Gasteiger partial charge in [0.2, 0.25) is 5.91 Å². The molecule has 24 heavy (non-hydrogen) atoms. The SMILES string of the molecule is O=C(Cn1nc2cnccn2c1=O)Nc1ccnn1C1CCCC1. The van der Waals surface area contributed by atoms with Gasteiger partial charge in [-0.1, -0.05) is 12.8 Å². The maximum Gasteiger partial charge on any atom is 0.350 e. The van der Waals surface area contributed by atoms with E-state index in [0.29, 0.717) is 17.5 Å². The van der Waals surface area contributed by atoms with Gasteiger partial charge in [0, 0.05) is 18.5 Å². The summed E-state index contributed by atoms with van der Waals surface area (Å²) in [5.74, 6) is 0.346. The van der Waals surface area contributed by atoms with Crippen molar-refractivity contribution in [1.29, 1.82) is 0 Å². The highest BCUT2D eigenvalue weighted by Crippen LogP contribution is 2.31. The van der Waals surface area contributed by atoms with Gasteiger partial charge in [-0.3, -0.25) is 9.78 Å². The molecule has 0 unspecified atom stereocenters. The summed E-state index contributed by atoms with van der Waals surface area (Å²) in [7, 11) is 0. The van der Waals surface area contributed by atoms with Crippen molar-refractivity contribution in [3.05, 3.63) is 41.3 Å². The van der Waals surface area contributed by atoms with E-state index in [1.165, 1.54) is 35.8 Å². The molecule has 0 aromatic carbocycles. The number of carbonyl (C=O) groups is 1. The van der Waals surface area contributed by atoms with Crippen LogP contribution in [0.3, 0.4) is 0 Å². The first kappa shape index (κ1) is 14.6. The number of nitrogens with one attached hydrogen (secondary N) is 1. The fourth-order valence-electron chi connectivity index (χ4n) is 3.15. The lowest BCUT2D eigenvalue weighted by Gasteiger charge is -2.14. The van der Waals surface area contributed by atoms with Crippen molar-refractivity contribution in [2.45, 2.75) is 38.3 Å². The van der Waals surface area contributed by atoms with Gasteiger partial charge in [-0.2, -0.15) is 5.10 Å². The Labute approximate surface area is 136 Å². The van der Waals surface area contributed by atoms with Crippen molar-refractivity contribution < 1.29 is 4.79 Å². The first-order valence-corrected chi connectivity index (χ1v) is 7.95. The summed E-state index contributed by atoms with van der Waals surface area (Å²) in [4.78, 5) is 28.4. The van der Waals surface area contributed by atoms with E-state index >= 15 is 0 Å². The molecule has 9 heteroatoms. The van der Waals surface area contributed by atoms with Crippen LogP contribution in [0.15, 0.2) is 35.6 Å². The summed E-state index contributed by atoms with van der Waals surface area (Å²) in [6.45, 7) is -0.156. The number of anilines is 1. The van der Waals surface area contributed by atoms with Crippen molar-refractivity contribution in [1.82, 2.24) is 28.9 Å². The van der Waals surface area contributed by atoms with E-state index in [-0.39, 0.29) is 18.1 Å². The average molecular weight is 327 g/mol. The Morgan fingerprint density at radius 3 is 2.92 bits per heavy atom. The summed E-state index contributed by atoms with van der Waals surface area (Å²) in [6, 6.07) is 2.10. The average Bonchev–Trinajstić information content (AvgIpc) is 3.29. The maximum atomic E-state index is 12.3. The van der Waals surface area contributed by atoms with Crippen LogP contribution in [-0.4, -0.2) is 34.9 Å². The standard InChI is InChI=1S/C15H17N7O2/c23-14(10-21-15(24)20-8-7-16-9-13(20)19-21)18-12-5-6-17-22(12)11-3-1-2-4-11/h5-9,11H,1-4,10H2,(H,18,23). The summed E-state index contributed by atoms with van der Waals surface area (Å²) in [6.07, 6.45) is 10.7. The molecule has 0 radical (unpaired) electrons. The lowest BCUT2D eigenvalue weighted by molar-refractivity contribution is -0.117. The van der Waals surface area contributed by atoms with Gasteiger partial charge in [-0.05, 0) is 12.8 Å². The summed E-state index contributed by atoms with van der Waals surface area (Å²) < 4.78 is 4.34. The van der Waals surface area contributed by atoms with Gasteiger partial charge < -0.3 is 5.32 Å². The van der Waals surface area contributed by atoms with Gasteiger partial charge >= 0.3 is 5.69 Å². The Morgan fingerprint density at radius 1 is 1.29 bits per heavy atom. The van der Waals surface area contributed by atoms with Gasteiger partial charge in [0.1, 0.15) is 12.4 Å². The first-order chi connectivity index (χ1) is 11.7. The van der Waals surface area contributed by atoms with Crippen LogP contribution < -0.4 is 11.0 Å². The van der Waals surface area contributed by atoms with E-state index < -0.39 is 0 Å². The number of amides is 1. The van der Waals surface area contributed by atoms with E-state index in [9.17, 15) is 9.59 Å². The van der Waals surface area contributed by atoms with Crippen LogP contribution in [-0.2, 0) is 11.3 Å². The lowest BCUT2D eigenvalue weighted by Crippen LogP contribution is -2.29. The van der Waals surface area contributed by atoms with E-state index in [0.717, 1.165) is 17.5 Å². The third-order valence-electron chi connectivity index (χ3n) is 4.29. The zero-order valence-electron chi connectivity index (χ0n) is 13.0. The molecule has 3 aromatic rings. The zero-order chi connectivity index (χ0) is 16.5. The van der Waals surface area contributed by atoms with E-state index in [4.69, 9.17) is 0 Å². The van der Waals surface area contributed by atoms with Crippen LogP contribution in [0, 0.1) is 0 Å². The molecule has 0 saturated heterocycles. The predicted octanol–water partition coefficient (Wildman–Crippen LogP) is 0.841. The molecule has 0 spiro atoms. The number of nitrogens with zero attached hydrogens (tertiary/aromatic N) is 6. The molecule has 3 heterocycles. The second-order valence-corrected chi connectivity index (χ2v) is 5.89. The second kappa shape index (κ2) is 5.91. The van der Waals surface area contributed by atoms with Gasteiger partial charge in [0.25, 0.3) is 0 Å². The Balaban J connectivity index is 1.52. The molecule has 1 aliphatic carbocycles. The number of rotatable bonds is 4. The minimum absolute atomic E-state index is 0.156. The van der Waals surface area contributed by atoms with Crippen LogP contribution >= 0.6 is 0 Å². The minimum Gasteiger partial charge on any atom is -0.309 e.